The lowest BCUT2D eigenvalue weighted by molar-refractivity contribution is 0.346. The van der Waals surface area contributed by atoms with Crippen LogP contribution in [0.3, 0.4) is 0 Å². The number of benzene rings is 1. The van der Waals surface area contributed by atoms with Crippen LogP contribution in [0.1, 0.15) is 18.9 Å². The Morgan fingerprint density at radius 2 is 2.24 bits per heavy atom. The van der Waals surface area contributed by atoms with Gasteiger partial charge in [0.05, 0.1) is 0 Å². The van der Waals surface area contributed by atoms with Gasteiger partial charge in [-0.15, -0.1) is 0 Å². The Morgan fingerprint density at radius 1 is 1.47 bits per heavy atom. The molecule has 0 aliphatic rings. The number of nitrogens with one attached hydrogen (secondary N) is 1. The number of halogens is 1. The van der Waals surface area contributed by atoms with Gasteiger partial charge in [0.15, 0.2) is 0 Å². The summed E-state index contributed by atoms with van der Waals surface area (Å²) in [6.07, 6.45) is 1.13. The van der Waals surface area contributed by atoms with E-state index in [1.807, 2.05) is 25.1 Å². The van der Waals surface area contributed by atoms with Crippen molar-refractivity contribution in [1.82, 2.24) is 5.32 Å². The molecule has 0 aliphatic carbocycles. The smallest absolute Gasteiger partial charge is 0.124 e. The van der Waals surface area contributed by atoms with Gasteiger partial charge in [-0.3, -0.25) is 0 Å². The van der Waals surface area contributed by atoms with Gasteiger partial charge in [-0.1, -0.05) is 31.2 Å². The third-order valence-corrected chi connectivity index (χ3v) is 2.62. The van der Waals surface area contributed by atoms with Crippen molar-refractivity contribution in [3.63, 3.8) is 0 Å². The molecule has 0 fully saturated rings. The number of rotatable bonds is 7. The predicted octanol–water partition coefficient (Wildman–Crippen LogP) is 3.58. The zero-order valence-corrected chi connectivity index (χ0v) is 11.3. The minimum absolute atomic E-state index is 0.526. The first-order valence-corrected chi connectivity index (χ1v) is 6.27. The minimum Gasteiger partial charge on any atom is -0.489 e. The molecule has 0 atom stereocenters. The van der Waals surface area contributed by atoms with E-state index in [0.29, 0.717) is 11.6 Å². The van der Waals surface area contributed by atoms with E-state index in [2.05, 4.69) is 18.8 Å². The molecule has 0 aromatic heterocycles. The lowest BCUT2D eigenvalue weighted by Gasteiger charge is -2.11. The van der Waals surface area contributed by atoms with E-state index in [1.165, 1.54) is 0 Å². The largest absolute Gasteiger partial charge is 0.489 e. The highest BCUT2D eigenvalue weighted by Gasteiger charge is 2.01. The number of hydrogen-bond acceptors (Lipinski definition) is 2. The average Bonchev–Trinajstić information content (AvgIpc) is 2.31. The number of hydrogen-bond donors (Lipinski definition) is 1. The van der Waals surface area contributed by atoms with Crippen LogP contribution in [0, 0.1) is 6.92 Å². The van der Waals surface area contributed by atoms with Crippen molar-refractivity contribution >= 4 is 11.6 Å². The standard InChI is InChI=1S/C14H20ClNO/c1-4-7-16-9-11(2)10-17-14-8-13(15)6-5-12(14)3/h5-6,8,16H,2,4,7,9-10H2,1,3H3. The van der Waals surface area contributed by atoms with Gasteiger partial charge in [-0.25, -0.2) is 0 Å². The summed E-state index contributed by atoms with van der Waals surface area (Å²) in [4.78, 5) is 0. The summed E-state index contributed by atoms with van der Waals surface area (Å²) in [6.45, 7) is 10.5. The molecule has 0 radical (unpaired) electrons. The molecule has 0 heterocycles. The second-order valence-corrected chi connectivity index (χ2v) is 4.56. The molecule has 0 spiro atoms. The topological polar surface area (TPSA) is 21.3 Å². The molecule has 2 nitrogen and oxygen atoms in total. The van der Waals surface area contributed by atoms with E-state index < -0.39 is 0 Å². The maximum Gasteiger partial charge on any atom is 0.124 e. The van der Waals surface area contributed by atoms with E-state index in [4.69, 9.17) is 16.3 Å². The van der Waals surface area contributed by atoms with Crippen molar-refractivity contribution in [1.29, 1.82) is 0 Å². The highest BCUT2D eigenvalue weighted by atomic mass is 35.5. The fraction of sp³-hybridized carbons (Fsp3) is 0.429. The van der Waals surface area contributed by atoms with Gasteiger partial charge in [0, 0.05) is 11.6 Å². The molecule has 0 aliphatic heterocycles. The average molecular weight is 254 g/mol. The van der Waals surface area contributed by atoms with E-state index in [9.17, 15) is 0 Å². The van der Waals surface area contributed by atoms with Crippen LogP contribution in [-0.4, -0.2) is 19.7 Å². The zero-order valence-electron chi connectivity index (χ0n) is 10.6. The van der Waals surface area contributed by atoms with Gasteiger partial charge in [-0.2, -0.15) is 0 Å². The Balaban J connectivity index is 2.39. The molecular formula is C14H20ClNO. The summed E-state index contributed by atoms with van der Waals surface area (Å²) in [5.74, 6) is 0.828. The van der Waals surface area contributed by atoms with Crippen LogP contribution in [0.15, 0.2) is 30.4 Å². The first-order valence-electron chi connectivity index (χ1n) is 5.89. The predicted molar refractivity (Wildman–Crippen MR) is 74.0 cm³/mol. The molecule has 0 bridgehead atoms. The minimum atomic E-state index is 0.526. The second kappa shape index (κ2) is 7.36. The lowest BCUT2D eigenvalue weighted by Crippen LogP contribution is -2.20. The fourth-order valence-corrected chi connectivity index (χ4v) is 1.56. The second-order valence-electron chi connectivity index (χ2n) is 4.13. The Hall–Kier alpha value is -0.990. The fourth-order valence-electron chi connectivity index (χ4n) is 1.40. The summed E-state index contributed by atoms with van der Waals surface area (Å²) in [6, 6.07) is 5.65. The van der Waals surface area contributed by atoms with Crippen molar-refractivity contribution < 1.29 is 4.74 Å². The van der Waals surface area contributed by atoms with Gasteiger partial charge >= 0.3 is 0 Å². The van der Waals surface area contributed by atoms with E-state index in [0.717, 1.165) is 36.4 Å². The summed E-state index contributed by atoms with van der Waals surface area (Å²) < 4.78 is 5.69. The highest BCUT2D eigenvalue weighted by molar-refractivity contribution is 6.30. The van der Waals surface area contributed by atoms with Crippen LogP contribution in [0.2, 0.25) is 5.02 Å². The normalized spacial score (nSPS) is 10.3. The van der Waals surface area contributed by atoms with Crippen LogP contribution in [-0.2, 0) is 0 Å². The summed E-state index contributed by atoms with van der Waals surface area (Å²) in [5, 5.41) is 3.99. The molecule has 3 heteroatoms. The first kappa shape index (κ1) is 14.1. The summed E-state index contributed by atoms with van der Waals surface area (Å²) in [7, 11) is 0. The maximum absolute atomic E-state index is 5.92. The molecular weight excluding hydrogens is 234 g/mol. The van der Waals surface area contributed by atoms with Crippen molar-refractivity contribution in [3.05, 3.63) is 40.9 Å². The van der Waals surface area contributed by atoms with Crippen LogP contribution in [0.4, 0.5) is 0 Å². The van der Waals surface area contributed by atoms with Crippen molar-refractivity contribution in [2.24, 2.45) is 0 Å². The highest BCUT2D eigenvalue weighted by Crippen LogP contribution is 2.22. The molecule has 94 valence electrons. The van der Waals surface area contributed by atoms with Gasteiger partial charge in [0.2, 0.25) is 0 Å². The third kappa shape index (κ3) is 5.24. The molecule has 1 rings (SSSR count). The molecule has 1 aromatic carbocycles. The molecule has 1 N–H and O–H groups in total. The molecule has 0 saturated carbocycles. The van der Waals surface area contributed by atoms with Crippen molar-refractivity contribution in [3.8, 4) is 5.75 Å². The monoisotopic (exact) mass is 253 g/mol. The van der Waals surface area contributed by atoms with Gasteiger partial charge < -0.3 is 10.1 Å². The SMILES string of the molecule is C=C(CNCCC)COc1cc(Cl)ccc1C. The summed E-state index contributed by atoms with van der Waals surface area (Å²) >= 11 is 5.92. The molecule has 1 aromatic rings. The Labute approximate surface area is 109 Å². The number of aryl methyl sites for hydroxylation is 1. The molecule has 0 amide bonds. The Bertz CT molecular complexity index is 376. The summed E-state index contributed by atoms with van der Waals surface area (Å²) in [5.41, 5.74) is 2.13. The van der Waals surface area contributed by atoms with Crippen LogP contribution < -0.4 is 10.1 Å². The van der Waals surface area contributed by atoms with E-state index >= 15 is 0 Å². The maximum atomic E-state index is 5.92. The van der Waals surface area contributed by atoms with Crippen LogP contribution in [0.5, 0.6) is 5.75 Å². The molecule has 17 heavy (non-hydrogen) atoms. The molecule has 0 unspecified atom stereocenters. The van der Waals surface area contributed by atoms with E-state index in [1.54, 1.807) is 0 Å². The third-order valence-electron chi connectivity index (χ3n) is 2.38. The first-order chi connectivity index (χ1) is 8.13. The van der Waals surface area contributed by atoms with E-state index in [-0.39, 0.29) is 0 Å². The zero-order chi connectivity index (χ0) is 12.7. The Morgan fingerprint density at radius 3 is 2.94 bits per heavy atom. The van der Waals surface area contributed by atoms with Gasteiger partial charge in [-0.05, 0) is 43.2 Å². The number of ether oxygens (including phenoxy) is 1. The quantitative estimate of drug-likeness (QED) is 0.592. The van der Waals surface area contributed by atoms with Crippen molar-refractivity contribution in [2.75, 3.05) is 19.7 Å². The van der Waals surface area contributed by atoms with Crippen molar-refractivity contribution in [2.45, 2.75) is 20.3 Å². The van der Waals surface area contributed by atoms with Crippen LogP contribution >= 0.6 is 11.6 Å². The van der Waals surface area contributed by atoms with Gasteiger partial charge in [0.1, 0.15) is 12.4 Å². The lowest BCUT2D eigenvalue weighted by atomic mass is 10.2. The Kier molecular flexibility index (Phi) is 6.09. The molecule has 0 saturated heterocycles. The van der Waals surface area contributed by atoms with Gasteiger partial charge in [0.25, 0.3) is 0 Å². The van der Waals surface area contributed by atoms with Crippen LogP contribution in [0.25, 0.3) is 0 Å².